The van der Waals surface area contributed by atoms with Crippen molar-refractivity contribution in [2.24, 2.45) is 5.92 Å². The van der Waals surface area contributed by atoms with Crippen LogP contribution >= 0.6 is 0 Å². The van der Waals surface area contributed by atoms with E-state index in [1.165, 1.54) is 45.1 Å². The van der Waals surface area contributed by atoms with Crippen molar-refractivity contribution >= 4 is 0 Å². The predicted octanol–water partition coefficient (Wildman–Crippen LogP) is 3.83. The normalized spacial score (nSPS) is 30.7. The van der Waals surface area contributed by atoms with Crippen LogP contribution in [0.2, 0.25) is 0 Å². The fourth-order valence-corrected chi connectivity index (χ4v) is 3.17. The van der Waals surface area contributed by atoms with E-state index >= 15 is 0 Å². The Balaban J connectivity index is 0.000000492. The number of aliphatic hydroxyl groups is 1. The highest BCUT2D eigenvalue weighted by molar-refractivity contribution is 4.80. The summed E-state index contributed by atoms with van der Waals surface area (Å²) >= 11 is 0. The smallest absolute Gasteiger partial charge is 0.0567 e. The van der Waals surface area contributed by atoms with Crippen molar-refractivity contribution in [3.8, 4) is 0 Å². The van der Waals surface area contributed by atoms with Gasteiger partial charge in [0, 0.05) is 19.1 Å². The molecule has 2 nitrogen and oxygen atoms in total. The second-order valence-electron chi connectivity index (χ2n) is 6.23. The molecule has 1 heterocycles. The zero-order valence-electron chi connectivity index (χ0n) is 12.7. The largest absolute Gasteiger partial charge is 0.393 e. The molecule has 1 saturated heterocycles. The third kappa shape index (κ3) is 5.71. The van der Waals surface area contributed by atoms with Crippen molar-refractivity contribution in [1.29, 1.82) is 0 Å². The highest BCUT2D eigenvalue weighted by Gasteiger charge is 2.26. The van der Waals surface area contributed by atoms with Crippen LogP contribution in [0, 0.1) is 5.92 Å². The van der Waals surface area contributed by atoms with E-state index in [9.17, 15) is 5.11 Å². The van der Waals surface area contributed by atoms with Gasteiger partial charge in [-0.25, -0.2) is 0 Å². The van der Waals surface area contributed by atoms with Crippen molar-refractivity contribution in [1.82, 2.24) is 4.90 Å². The number of aliphatic hydroxyl groups excluding tert-OH is 1. The Labute approximate surface area is 114 Å². The van der Waals surface area contributed by atoms with Gasteiger partial charge in [-0.2, -0.15) is 0 Å². The number of hydrogen-bond donors (Lipinski definition) is 1. The third-order valence-electron chi connectivity index (χ3n) is 4.20. The second-order valence-corrected chi connectivity index (χ2v) is 6.23. The number of hydrogen-bond acceptors (Lipinski definition) is 2. The lowest BCUT2D eigenvalue weighted by atomic mass is 9.88. The summed E-state index contributed by atoms with van der Waals surface area (Å²) in [5.74, 6) is 0.941. The molecule has 1 N–H and O–H groups in total. The van der Waals surface area contributed by atoms with E-state index < -0.39 is 0 Å². The lowest BCUT2D eigenvalue weighted by Gasteiger charge is -2.38. The van der Waals surface area contributed by atoms with Gasteiger partial charge in [0.05, 0.1) is 6.10 Å². The summed E-state index contributed by atoms with van der Waals surface area (Å²) in [6.45, 7) is 8.91. The van der Waals surface area contributed by atoms with Gasteiger partial charge in [0.25, 0.3) is 0 Å². The molecular weight excluding hydrogens is 222 g/mol. The molecule has 0 radical (unpaired) electrons. The Kier molecular flexibility index (Phi) is 7.92. The quantitative estimate of drug-likeness (QED) is 0.810. The molecule has 2 unspecified atom stereocenters. The maximum atomic E-state index is 9.58. The van der Waals surface area contributed by atoms with Gasteiger partial charge in [0.1, 0.15) is 0 Å². The molecule has 2 aliphatic rings. The standard InChI is InChI=1S/C13H25NO.C3H8/c1-11-9-13(15)7-8-14(11)10-12-5-3-2-4-6-12;1-3-2/h11-13,15H,2-10H2,1H3;3H2,1-2H3. The van der Waals surface area contributed by atoms with Gasteiger partial charge < -0.3 is 10.0 Å². The van der Waals surface area contributed by atoms with Gasteiger partial charge in [-0.3, -0.25) is 0 Å². The Morgan fingerprint density at radius 2 is 1.67 bits per heavy atom. The highest BCUT2D eigenvalue weighted by Crippen LogP contribution is 2.27. The minimum absolute atomic E-state index is 0.0393. The average Bonchev–Trinajstić information content (AvgIpc) is 2.35. The molecule has 2 atom stereocenters. The molecule has 0 aromatic carbocycles. The fourth-order valence-electron chi connectivity index (χ4n) is 3.17. The summed E-state index contributed by atoms with van der Waals surface area (Å²) in [5.41, 5.74) is 0. The Bertz CT molecular complexity index is 201. The van der Waals surface area contributed by atoms with Crippen molar-refractivity contribution in [3.63, 3.8) is 0 Å². The van der Waals surface area contributed by atoms with Gasteiger partial charge in [0.2, 0.25) is 0 Å². The first-order chi connectivity index (χ1) is 8.67. The van der Waals surface area contributed by atoms with Crippen LogP contribution in [0.15, 0.2) is 0 Å². The van der Waals surface area contributed by atoms with Crippen LogP contribution < -0.4 is 0 Å². The number of nitrogens with zero attached hydrogens (tertiary/aromatic N) is 1. The maximum Gasteiger partial charge on any atom is 0.0567 e. The molecule has 2 rings (SSSR count). The van der Waals surface area contributed by atoms with Gasteiger partial charge in [0.15, 0.2) is 0 Å². The minimum atomic E-state index is -0.0393. The number of rotatable bonds is 2. The molecule has 0 bridgehead atoms. The SMILES string of the molecule is CC1CC(O)CCN1CC1CCCCC1.CCC. The van der Waals surface area contributed by atoms with E-state index in [1.54, 1.807) is 0 Å². The van der Waals surface area contributed by atoms with Crippen LogP contribution in [0.4, 0.5) is 0 Å². The van der Waals surface area contributed by atoms with Crippen molar-refractivity contribution in [3.05, 3.63) is 0 Å². The highest BCUT2D eigenvalue weighted by atomic mass is 16.3. The molecule has 0 aromatic rings. The zero-order chi connectivity index (χ0) is 13.4. The Morgan fingerprint density at radius 1 is 1.06 bits per heavy atom. The number of likely N-dealkylation sites (tertiary alicyclic amines) is 1. The van der Waals surface area contributed by atoms with Crippen LogP contribution in [0.5, 0.6) is 0 Å². The summed E-state index contributed by atoms with van der Waals surface area (Å²) in [5, 5.41) is 9.58. The first-order valence-electron chi connectivity index (χ1n) is 8.09. The van der Waals surface area contributed by atoms with Crippen molar-refractivity contribution in [2.45, 2.75) is 84.3 Å². The predicted molar refractivity (Wildman–Crippen MR) is 78.8 cm³/mol. The number of piperidine rings is 1. The van der Waals surface area contributed by atoms with Gasteiger partial charge in [-0.15, -0.1) is 0 Å². The van der Waals surface area contributed by atoms with E-state index in [4.69, 9.17) is 0 Å². The maximum absolute atomic E-state index is 9.58. The molecular formula is C16H33NO. The average molecular weight is 255 g/mol. The summed E-state index contributed by atoms with van der Waals surface area (Å²) < 4.78 is 0. The molecule has 1 saturated carbocycles. The van der Waals surface area contributed by atoms with Gasteiger partial charge in [-0.05, 0) is 38.5 Å². The topological polar surface area (TPSA) is 23.5 Å². The van der Waals surface area contributed by atoms with Gasteiger partial charge >= 0.3 is 0 Å². The summed E-state index contributed by atoms with van der Waals surface area (Å²) in [6.07, 6.45) is 10.4. The molecule has 2 heteroatoms. The Hall–Kier alpha value is -0.0800. The lowest BCUT2D eigenvalue weighted by molar-refractivity contribution is 0.0365. The first kappa shape index (κ1) is 16.0. The molecule has 0 amide bonds. The Morgan fingerprint density at radius 3 is 2.22 bits per heavy atom. The zero-order valence-corrected chi connectivity index (χ0v) is 12.7. The molecule has 0 aromatic heterocycles. The van der Waals surface area contributed by atoms with E-state index in [-0.39, 0.29) is 6.10 Å². The molecule has 18 heavy (non-hydrogen) atoms. The molecule has 1 aliphatic carbocycles. The van der Waals surface area contributed by atoms with Crippen molar-refractivity contribution in [2.75, 3.05) is 13.1 Å². The van der Waals surface area contributed by atoms with Crippen LogP contribution in [-0.2, 0) is 0 Å². The summed E-state index contributed by atoms with van der Waals surface area (Å²) in [4.78, 5) is 2.60. The fraction of sp³-hybridized carbons (Fsp3) is 1.00. The van der Waals surface area contributed by atoms with Crippen LogP contribution in [0.1, 0.15) is 72.1 Å². The van der Waals surface area contributed by atoms with E-state index in [0.717, 1.165) is 25.3 Å². The van der Waals surface area contributed by atoms with Gasteiger partial charge in [-0.1, -0.05) is 39.5 Å². The summed E-state index contributed by atoms with van der Waals surface area (Å²) in [7, 11) is 0. The molecule has 0 spiro atoms. The van der Waals surface area contributed by atoms with Crippen LogP contribution in [-0.4, -0.2) is 35.2 Å². The second kappa shape index (κ2) is 8.92. The molecule has 2 fully saturated rings. The lowest BCUT2D eigenvalue weighted by Crippen LogP contribution is -2.45. The molecule has 1 aliphatic heterocycles. The third-order valence-corrected chi connectivity index (χ3v) is 4.20. The van der Waals surface area contributed by atoms with Crippen LogP contribution in [0.3, 0.4) is 0 Å². The monoisotopic (exact) mass is 255 g/mol. The van der Waals surface area contributed by atoms with E-state index in [2.05, 4.69) is 25.7 Å². The minimum Gasteiger partial charge on any atom is -0.393 e. The first-order valence-corrected chi connectivity index (χ1v) is 8.09. The van der Waals surface area contributed by atoms with E-state index in [0.29, 0.717) is 6.04 Å². The molecule has 108 valence electrons. The van der Waals surface area contributed by atoms with Crippen LogP contribution in [0.25, 0.3) is 0 Å². The van der Waals surface area contributed by atoms with E-state index in [1.807, 2.05) is 0 Å². The summed E-state index contributed by atoms with van der Waals surface area (Å²) in [6, 6.07) is 0.593. The van der Waals surface area contributed by atoms with Crippen molar-refractivity contribution < 1.29 is 5.11 Å².